The van der Waals surface area contributed by atoms with Crippen LogP contribution < -0.4 is 10.1 Å². The van der Waals surface area contributed by atoms with Crippen LogP contribution in [0.15, 0.2) is 48.7 Å². The van der Waals surface area contributed by atoms with E-state index in [0.717, 1.165) is 16.7 Å². The van der Waals surface area contributed by atoms with Gasteiger partial charge in [0.1, 0.15) is 16.9 Å². The molecule has 13 heteroatoms. The van der Waals surface area contributed by atoms with E-state index in [1.54, 1.807) is 71.7 Å². The number of aromatic nitrogens is 2. The molecule has 0 saturated carbocycles. The van der Waals surface area contributed by atoms with Gasteiger partial charge >= 0.3 is 13.9 Å². The van der Waals surface area contributed by atoms with Gasteiger partial charge in [-0.15, -0.1) is 0 Å². The summed E-state index contributed by atoms with van der Waals surface area (Å²) in [6.45, 7) is 13.6. The number of benzene rings is 2. The van der Waals surface area contributed by atoms with Crippen LogP contribution in [0.1, 0.15) is 89.7 Å². The molecule has 0 unspecified atom stereocenters. The number of ether oxygens (including phenoxy) is 2. The van der Waals surface area contributed by atoms with Crippen LogP contribution in [0.25, 0.3) is 10.9 Å². The number of rotatable bonds is 8. The van der Waals surface area contributed by atoms with E-state index in [0.29, 0.717) is 50.0 Å². The van der Waals surface area contributed by atoms with Crippen molar-refractivity contribution in [3.63, 3.8) is 0 Å². The summed E-state index contributed by atoms with van der Waals surface area (Å²) in [6.07, 6.45) is 3.20. The molecule has 3 heterocycles. The van der Waals surface area contributed by atoms with Crippen molar-refractivity contribution in [2.45, 2.75) is 97.3 Å². The minimum atomic E-state index is -3.97. The molecule has 5 rings (SSSR count). The van der Waals surface area contributed by atoms with Gasteiger partial charge in [-0.1, -0.05) is 30.3 Å². The summed E-state index contributed by atoms with van der Waals surface area (Å²) in [4.78, 5) is 27.9. The fourth-order valence-electron chi connectivity index (χ4n) is 5.82. The fraction of sp³-hybridized carbons (Fsp3) is 0.545. The first-order chi connectivity index (χ1) is 21.6. The number of carbonyl (C=O) groups excluding carboxylic acids is 2. The number of phosphoric acid groups is 1. The van der Waals surface area contributed by atoms with Crippen molar-refractivity contribution < 1.29 is 37.2 Å². The Morgan fingerprint density at radius 2 is 1.70 bits per heavy atom. The summed E-state index contributed by atoms with van der Waals surface area (Å²) < 4.78 is 43.9. The van der Waals surface area contributed by atoms with Crippen molar-refractivity contribution in [2.75, 3.05) is 19.7 Å². The first-order valence-electron chi connectivity index (χ1n) is 15.7. The number of phosphoric ester groups is 1. The minimum absolute atomic E-state index is 0.210. The Balaban J connectivity index is 1.34. The second-order valence-corrected chi connectivity index (χ2v) is 15.3. The number of piperidine rings is 1. The zero-order valence-corrected chi connectivity index (χ0v) is 28.6. The van der Waals surface area contributed by atoms with Crippen LogP contribution in [0.3, 0.4) is 0 Å². The smallest absolute Gasteiger partial charge is 0.477 e. The van der Waals surface area contributed by atoms with E-state index in [2.05, 4.69) is 10.4 Å². The summed E-state index contributed by atoms with van der Waals surface area (Å²) in [7, 11) is -3.97. The van der Waals surface area contributed by atoms with Crippen molar-refractivity contribution in [3.05, 3.63) is 59.8 Å². The number of amides is 2. The van der Waals surface area contributed by atoms with Gasteiger partial charge < -0.3 is 19.7 Å². The van der Waals surface area contributed by atoms with Crippen molar-refractivity contribution in [1.82, 2.24) is 20.0 Å². The molecular formula is C33H45N4O8P. The molecule has 46 heavy (non-hydrogen) atoms. The maximum Gasteiger partial charge on any atom is 0.477 e. The number of nitrogens with one attached hydrogen (secondary N) is 1. The molecule has 1 N–H and O–H groups in total. The Bertz CT molecular complexity index is 1600. The Morgan fingerprint density at radius 1 is 1.02 bits per heavy atom. The van der Waals surface area contributed by atoms with E-state index in [1.807, 2.05) is 30.3 Å². The van der Waals surface area contributed by atoms with Crippen LogP contribution >= 0.6 is 7.82 Å². The SMILES string of the molecule is CCOC(=O)N1CCC2(CC1)C[C@H](NC(=O)c1cccc3cn(COP(=O)(OC(C)(C)C)OC(C)(C)C)nc13)c1ccccc1O2. The molecule has 0 bridgehead atoms. The number of para-hydroxylation sites is 1. The van der Waals surface area contributed by atoms with Crippen LogP contribution in [0.2, 0.25) is 0 Å². The topological polar surface area (TPSA) is 130 Å². The van der Waals surface area contributed by atoms with Gasteiger partial charge in [-0.2, -0.15) is 5.10 Å². The highest BCUT2D eigenvalue weighted by Crippen LogP contribution is 2.55. The molecule has 2 aromatic carbocycles. The summed E-state index contributed by atoms with van der Waals surface area (Å²) in [5.74, 6) is 0.443. The molecular weight excluding hydrogens is 611 g/mol. The predicted molar refractivity (Wildman–Crippen MR) is 173 cm³/mol. The molecule has 1 saturated heterocycles. The molecule has 2 amide bonds. The molecule has 1 aromatic heterocycles. The normalized spacial score (nSPS) is 18.2. The molecule has 12 nitrogen and oxygen atoms in total. The summed E-state index contributed by atoms with van der Waals surface area (Å²) in [6, 6.07) is 12.8. The highest BCUT2D eigenvalue weighted by atomic mass is 31.2. The summed E-state index contributed by atoms with van der Waals surface area (Å²) >= 11 is 0. The molecule has 1 spiro atoms. The van der Waals surface area contributed by atoms with E-state index in [-0.39, 0.29) is 24.8 Å². The number of nitrogens with zero attached hydrogens (tertiary/aromatic N) is 3. The minimum Gasteiger partial charge on any atom is -0.487 e. The monoisotopic (exact) mass is 656 g/mol. The van der Waals surface area contributed by atoms with E-state index in [1.165, 1.54) is 4.68 Å². The summed E-state index contributed by atoms with van der Waals surface area (Å²) in [5, 5.41) is 8.57. The highest BCUT2D eigenvalue weighted by molar-refractivity contribution is 7.48. The first-order valence-corrected chi connectivity index (χ1v) is 17.2. The quantitative estimate of drug-likeness (QED) is 0.255. The molecule has 0 radical (unpaired) electrons. The maximum atomic E-state index is 13.9. The average Bonchev–Trinajstić information content (AvgIpc) is 3.38. The molecule has 2 aliphatic heterocycles. The van der Waals surface area contributed by atoms with Gasteiger partial charge in [0.05, 0.1) is 29.4 Å². The molecule has 0 aliphatic carbocycles. The number of fused-ring (bicyclic) bond motifs is 2. The van der Waals surface area contributed by atoms with Crippen LogP contribution in [-0.4, -0.2) is 63.2 Å². The Kier molecular flexibility index (Phi) is 9.57. The van der Waals surface area contributed by atoms with Gasteiger partial charge in [0.2, 0.25) is 0 Å². The number of likely N-dealkylation sites (tertiary alicyclic amines) is 1. The van der Waals surface area contributed by atoms with E-state index >= 15 is 0 Å². The van der Waals surface area contributed by atoms with Crippen LogP contribution in [-0.2, 0) is 29.6 Å². The Hall–Kier alpha value is -3.44. The largest absolute Gasteiger partial charge is 0.487 e. The number of carbonyl (C=O) groups is 2. The second kappa shape index (κ2) is 13.0. The van der Waals surface area contributed by atoms with Crippen LogP contribution in [0.5, 0.6) is 5.75 Å². The fourth-order valence-corrected chi connectivity index (χ4v) is 7.56. The van der Waals surface area contributed by atoms with E-state index in [9.17, 15) is 14.2 Å². The van der Waals surface area contributed by atoms with Crippen molar-refractivity contribution >= 4 is 30.7 Å². The van der Waals surface area contributed by atoms with Crippen molar-refractivity contribution in [3.8, 4) is 5.75 Å². The van der Waals surface area contributed by atoms with Gasteiger partial charge in [0, 0.05) is 49.5 Å². The third-order valence-electron chi connectivity index (χ3n) is 7.65. The van der Waals surface area contributed by atoms with Crippen LogP contribution in [0.4, 0.5) is 4.79 Å². The van der Waals surface area contributed by atoms with Crippen molar-refractivity contribution in [2.24, 2.45) is 0 Å². The lowest BCUT2D eigenvalue weighted by Gasteiger charge is -2.46. The molecule has 250 valence electrons. The van der Waals surface area contributed by atoms with Gasteiger partial charge in [-0.05, 0) is 60.6 Å². The predicted octanol–water partition coefficient (Wildman–Crippen LogP) is 6.99. The molecule has 1 atom stereocenters. The second-order valence-electron chi connectivity index (χ2n) is 13.8. The van der Waals surface area contributed by atoms with Gasteiger partial charge in [0.25, 0.3) is 5.91 Å². The van der Waals surface area contributed by atoms with Crippen molar-refractivity contribution in [1.29, 1.82) is 0 Å². The Morgan fingerprint density at radius 3 is 2.35 bits per heavy atom. The zero-order valence-electron chi connectivity index (χ0n) is 27.7. The van der Waals surface area contributed by atoms with Gasteiger partial charge in [-0.25, -0.2) is 14.0 Å². The molecule has 2 aliphatic rings. The third-order valence-corrected chi connectivity index (χ3v) is 9.63. The zero-order chi connectivity index (χ0) is 33.3. The lowest BCUT2D eigenvalue weighted by atomic mass is 9.80. The highest BCUT2D eigenvalue weighted by Gasteiger charge is 2.45. The number of hydrogen-bond acceptors (Lipinski definition) is 9. The Labute approximate surface area is 270 Å². The van der Waals surface area contributed by atoms with Gasteiger partial charge in [0.15, 0.2) is 6.73 Å². The lowest BCUT2D eigenvalue weighted by molar-refractivity contribution is -0.0234. The maximum absolute atomic E-state index is 13.9. The van der Waals surface area contributed by atoms with E-state index < -0.39 is 24.6 Å². The number of hydrogen-bond donors (Lipinski definition) is 1. The first kappa shape index (κ1) is 33.9. The van der Waals surface area contributed by atoms with Gasteiger partial charge in [-0.3, -0.25) is 18.4 Å². The van der Waals surface area contributed by atoms with E-state index in [4.69, 9.17) is 23.0 Å². The lowest BCUT2D eigenvalue weighted by Crippen LogP contribution is -2.53. The standard InChI is InChI=1S/C33H45N4O8P/c1-8-41-30(39)36-18-16-33(17-19-36)20-26(24-13-9-10-15-27(24)43-33)34-29(38)25-14-11-12-23-21-37(35-28(23)25)22-42-46(40,44-31(2,3)4)45-32(5,6)7/h9-15,21,26H,8,16-20,22H2,1-7H3,(H,34,38)/t26-/m0/s1. The third kappa shape index (κ3) is 8.09. The summed E-state index contributed by atoms with van der Waals surface area (Å²) in [5.41, 5.74) is -0.316. The average molecular weight is 657 g/mol. The molecule has 1 fully saturated rings. The van der Waals surface area contributed by atoms with Crippen LogP contribution in [0, 0.1) is 0 Å². The molecule has 3 aromatic rings.